The van der Waals surface area contributed by atoms with Gasteiger partial charge in [0, 0.05) is 11.4 Å². The van der Waals surface area contributed by atoms with E-state index in [1.54, 1.807) is 25.1 Å². The standard InChI is InChI=1S/C29H26BrN3O6/c1-4-38-25-15-19(13-21(16-31)28(35)33-22-10-8-20(9-11-22)29(36)37-3)14-24(30)27(25)39-17-26(34)32-23-7-5-6-18(2)12-23/h5-15H,4,17H2,1-3H3,(H,32,34)(H,33,35)/b21-13+. The number of methoxy groups -OCH3 is 1. The van der Waals surface area contributed by atoms with Crippen LogP contribution in [0, 0.1) is 18.3 Å². The third-order valence-corrected chi connectivity index (χ3v) is 5.81. The molecular formula is C29H26BrN3O6. The van der Waals surface area contributed by atoms with Crippen LogP contribution in [0.3, 0.4) is 0 Å². The summed E-state index contributed by atoms with van der Waals surface area (Å²) in [7, 11) is 1.28. The number of esters is 1. The van der Waals surface area contributed by atoms with Gasteiger partial charge in [-0.05, 0) is 95.5 Å². The molecule has 0 saturated carbocycles. The van der Waals surface area contributed by atoms with Gasteiger partial charge in [0.15, 0.2) is 18.1 Å². The SMILES string of the molecule is CCOc1cc(/C=C(\C#N)C(=O)Nc2ccc(C(=O)OC)cc2)cc(Br)c1OCC(=O)Nc1cccc(C)c1. The van der Waals surface area contributed by atoms with Crippen molar-refractivity contribution in [3.05, 3.63) is 87.4 Å². The first-order valence-corrected chi connectivity index (χ1v) is 12.6. The van der Waals surface area contributed by atoms with Gasteiger partial charge in [-0.2, -0.15) is 5.26 Å². The largest absolute Gasteiger partial charge is 0.490 e. The summed E-state index contributed by atoms with van der Waals surface area (Å²) in [5, 5.41) is 15.0. The minimum atomic E-state index is -0.634. The van der Waals surface area contributed by atoms with E-state index in [4.69, 9.17) is 9.47 Å². The Bertz CT molecular complexity index is 1440. The van der Waals surface area contributed by atoms with Gasteiger partial charge in [-0.3, -0.25) is 9.59 Å². The fourth-order valence-corrected chi connectivity index (χ4v) is 4.03. The van der Waals surface area contributed by atoms with Gasteiger partial charge in [-0.1, -0.05) is 12.1 Å². The van der Waals surface area contributed by atoms with E-state index in [2.05, 4.69) is 31.3 Å². The molecule has 3 aromatic rings. The molecule has 3 rings (SSSR count). The Hall–Kier alpha value is -4.62. The highest BCUT2D eigenvalue weighted by molar-refractivity contribution is 9.10. The number of ether oxygens (including phenoxy) is 3. The first-order valence-electron chi connectivity index (χ1n) is 11.8. The fraction of sp³-hybridized carbons (Fsp3) is 0.172. The second-order valence-corrected chi connectivity index (χ2v) is 9.02. The molecule has 0 bridgehead atoms. The van der Waals surface area contributed by atoms with E-state index >= 15 is 0 Å². The predicted molar refractivity (Wildman–Crippen MR) is 151 cm³/mol. The Balaban J connectivity index is 1.75. The van der Waals surface area contributed by atoms with Crippen molar-refractivity contribution in [2.24, 2.45) is 0 Å². The van der Waals surface area contributed by atoms with Crippen molar-refractivity contribution in [3.63, 3.8) is 0 Å². The van der Waals surface area contributed by atoms with Crippen molar-refractivity contribution in [1.29, 1.82) is 5.26 Å². The molecule has 0 unspecified atom stereocenters. The summed E-state index contributed by atoms with van der Waals surface area (Å²) in [6.07, 6.45) is 1.40. The van der Waals surface area contributed by atoms with Crippen molar-refractivity contribution >= 4 is 51.2 Å². The summed E-state index contributed by atoms with van der Waals surface area (Å²) in [6.45, 7) is 3.78. The predicted octanol–water partition coefficient (Wildman–Crippen LogP) is 5.51. The Kier molecular flexibility index (Phi) is 10.2. The Morgan fingerprint density at radius 2 is 1.74 bits per heavy atom. The highest BCUT2D eigenvalue weighted by Crippen LogP contribution is 2.37. The maximum atomic E-state index is 12.7. The van der Waals surface area contributed by atoms with Crippen molar-refractivity contribution in [2.45, 2.75) is 13.8 Å². The molecule has 3 aromatic carbocycles. The molecule has 0 spiro atoms. The third kappa shape index (κ3) is 8.18. The lowest BCUT2D eigenvalue weighted by atomic mass is 10.1. The normalized spacial score (nSPS) is 10.7. The molecular weight excluding hydrogens is 566 g/mol. The van der Waals surface area contributed by atoms with Crippen molar-refractivity contribution < 1.29 is 28.6 Å². The van der Waals surface area contributed by atoms with Crippen LogP contribution in [-0.2, 0) is 14.3 Å². The lowest BCUT2D eigenvalue weighted by Crippen LogP contribution is -2.20. The maximum Gasteiger partial charge on any atom is 0.337 e. The number of hydrogen-bond donors (Lipinski definition) is 2. The average Bonchev–Trinajstić information content (AvgIpc) is 2.91. The van der Waals surface area contributed by atoms with Gasteiger partial charge in [0.1, 0.15) is 11.6 Å². The average molecular weight is 592 g/mol. The number of benzene rings is 3. The number of nitrogens with one attached hydrogen (secondary N) is 2. The number of carbonyl (C=O) groups excluding carboxylic acids is 3. The smallest absolute Gasteiger partial charge is 0.337 e. The van der Waals surface area contributed by atoms with Gasteiger partial charge in [0.2, 0.25) is 0 Å². The van der Waals surface area contributed by atoms with E-state index in [1.165, 1.54) is 37.5 Å². The van der Waals surface area contributed by atoms with E-state index in [0.29, 0.717) is 45.1 Å². The first-order chi connectivity index (χ1) is 18.7. The lowest BCUT2D eigenvalue weighted by molar-refractivity contribution is -0.118. The molecule has 9 nitrogen and oxygen atoms in total. The molecule has 2 N–H and O–H groups in total. The molecule has 0 heterocycles. The summed E-state index contributed by atoms with van der Waals surface area (Å²) in [5.74, 6) is -0.840. The van der Waals surface area contributed by atoms with E-state index in [0.717, 1.165) is 5.56 Å². The van der Waals surface area contributed by atoms with Crippen LogP contribution >= 0.6 is 15.9 Å². The summed E-state index contributed by atoms with van der Waals surface area (Å²) < 4.78 is 16.6. The van der Waals surface area contributed by atoms with Crippen molar-refractivity contribution in [1.82, 2.24) is 0 Å². The molecule has 0 aliphatic carbocycles. The molecule has 0 fully saturated rings. The highest BCUT2D eigenvalue weighted by Gasteiger charge is 2.16. The van der Waals surface area contributed by atoms with E-state index in [-0.39, 0.29) is 18.1 Å². The molecule has 39 heavy (non-hydrogen) atoms. The van der Waals surface area contributed by atoms with E-state index in [9.17, 15) is 19.6 Å². The minimum absolute atomic E-state index is 0.160. The topological polar surface area (TPSA) is 127 Å². The molecule has 0 aliphatic heterocycles. The van der Waals surface area contributed by atoms with Gasteiger partial charge in [-0.25, -0.2) is 4.79 Å². The number of carbonyl (C=O) groups is 3. The minimum Gasteiger partial charge on any atom is -0.490 e. The number of halogens is 1. The van der Waals surface area contributed by atoms with Gasteiger partial charge in [0.05, 0.1) is 23.8 Å². The van der Waals surface area contributed by atoms with Crippen LogP contribution in [0.2, 0.25) is 0 Å². The Morgan fingerprint density at radius 3 is 2.38 bits per heavy atom. The molecule has 0 radical (unpaired) electrons. The third-order valence-electron chi connectivity index (χ3n) is 5.22. The zero-order valence-electron chi connectivity index (χ0n) is 21.5. The van der Waals surface area contributed by atoms with Crippen molar-refractivity contribution in [3.8, 4) is 17.6 Å². The van der Waals surface area contributed by atoms with Gasteiger partial charge < -0.3 is 24.8 Å². The van der Waals surface area contributed by atoms with Crippen LogP contribution < -0.4 is 20.1 Å². The van der Waals surface area contributed by atoms with Crippen LogP contribution in [-0.4, -0.2) is 38.1 Å². The van der Waals surface area contributed by atoms with Crippen LogP contribution in [0.4, 0.5) is 11.4 Å². The second kappa shape index (κ2) is 13.8. The van der Waals surface area contributed by atoms with Crippen LogP contribution in [0.25, 0.3) is 6.08 Å². The molecule has 0 aromatic heterocycles. The molecule has 0 atom stereocenters. The van der Waals surface area contributed by atoms with Crippen LogP contribution in [0.15, 0.2) is 70.7 Å². The van der Waals surface area contributed by atoms with E-state index < -0.39 is 11.9 Å². The van der Waals surface area contributed by atoms with Gasteiger partial charge in [-0.15, -0.1) is 0 Å². The number of nitrogens with zero attached hydrogens (tertiary/aromatic N) is 1. The van der Waals surface area contributed by atoms with Crippen molar-refractivity contribution in [2.75, 3.05) is 31.0 Å². The lowest BCUT2D eigenvalue weighted by Gasteiger charge is -2.15. The second-order valence-electron chi connectivity index (χ2n) is 8.16. The zero-order chi connectivity index (χ0) is 28.4. The number of nitriles is 1. The monoisotopic (exact) mass is 591 g/mol. The molecule has 0 saturated heterocycles. The van der Waals surface area contributed by atoms with Gasteiger partial charge in [0.25, 0.3) is 11.8 Å². The van der Waals surface area contributed by atoms with Gasteiger partial charge >= 0.3 is 5.97 Å². The maximum absolute atomic E-state index is 12.7. The Morgan fingerprint density at radius 1 is 1.00 bits per heavy atom. The zero-order valence-corrected chi connectivity index (χ0v) is 23.1. The fourth-order valence-electron chi connectivity index (χ4n) is 3.45. The quantitative estimate of drug-likeness (QED) is 0.181. The first kappa shape index (κ1) is 28.9. The summed E-state index contributed by atoms with van der Waals surface area (Å²) in [5.41, 5.74) is 2.74. The number of rotatable bonds is 10. The molecule has 2 amide bonds. The highest BCUT2D eigenvalue weighted by atomic mass is 79.9. The number of amides is 2. The van der Waals surface area contributed by atoms with Crippen LogP contribution in [0.1, 0.15) is 28.4 Å². The molecule has 200 valence electrons. The summed E-state index contributed by atoms with van der Waals surface area (Å²) in [6, 6.07) is 18.6. The summed E-state index contributed by atoms with van der Waals surface area (Å²) >= 11 is 3.43. The van der Waals surface area contributed by atoms with E-state index in [1.807, 2.05) is 31.2 Å². The van der Waals surface area contributed by atoms with Crippen LogP contribution in [0.5, 0.6) is 11.5 Å². The number of aryl methyl sites for hydroxylation is 1. The molecule has 10 heteroatoms. The Labute approximate surface area is 234 Å². The number of anilines is 2. The summed E-state index contributed by atoms with van der Waals surface area (Å²) in [4.78, 5) is 36.7. The number of hydrogen-bond acceptors (Lipinski definition) is 7. The molecule has 0 aliphatic rings.